The maximum Gasteiger partial charge on any atom is 0.246 e. The number of sulfonamides is 1. The summed E-state index contributed by atoms with van der Waals surface area (Å²) >= 11 is 0. The highest BCUT2D eigenvalue weighted by molar-refractivity contribution is 7.92. The van der Waals surface area contributed by atoms with Crippen LogP contribution in [0.4, 0.5) is 4.39 Å². The largest absolute Gasteiger partial charge is 0.495 e. The summed E-state index contributed by atoms with van der Waals surface area (Å²) in [6, 6.07) is 3.15. The van der Waals surface area contributed by atoms with Gasteiger partial charge in [-0.25, -0.2) is 26.2 Å². The van der Waals surface area contributed by atoms with Crippen LogP contribution in [-0.2, 0) is 26.9 Å². The Bertz CT molecular complexity index is 1010. The molecule has 0 amide bonds. The molecule has 11 heteroatoms. The number of ether oxygens (including phenoxy) is 1. The minimum absolute atomic E-state index is 0.00296. The molecule has 0 bridgehead atoms. The van der Waals surface area contributed by atoms with Gasteiger partial charge in [-0.15, -0.1) is 0 Å². The first kappa shape index (κ1) is 17.8. The average Bonchev–Trinajstić information content (AvgIpc) is 2.92. The molecule has 25 heavy (non-hydrogen) atoms. The molecule has 0 aliphatic carbocycles. The van der Waals surface area contributed by atoms with E-state index in [9.17, 15) is 21.2 Å². The van der Waals surface area contributed by atoms with Gasteiger partial charge in [-0.2, -0.15) is 4.31 Å². The lowest BCUT2D eigenvalue weighted by molar-refractivity contribution is 0.306. The lowest BCUT2D eigenvalue weighted by Gasteiger charge is -2.37. The van der Waals surface area contributed by atoms with E-state index in [0.29, 0.717) is 0 Å². The van der Waals surface area contributed by atoms with Crippen molar-refractivity contribution in [3.8, 4) is 5.75 Å². The van der Waals surface area contributed by atoms with Gasteiger partial charge in [0.25, 0.3) is 0 Å². The molecule has 0 spiro atoms. The van der Waals surface area contributed by atoms with E-state index >= 15 is 0 Å². The number of hydrogen-bond acceptors (Lipinski definition) is 6. The molecule has 8 nitrogen and oxygen atoms in total. The average molecular weight is 389 g/mol. The van der Waals surface area contributed by atoms with Gasteiger partial charge in [-0.05, 0) is 18.2 Å². The lowest BCUT2D eigenvalue weighted by atomic mass is 10.3. The zero-order valence-corrected chi connectivity index (χ0v) is 15.1. The van der Waals surface area contributed by atoms with Crippen LogP contribution >= 0.6 is 0 Å². The van der Waals surface area contributed by atoms with E-state index in [0.717, 1.165) is 16.4 Å². The predicted molar refractivity (Wildman–Crippen MR) is 85.9 cm³/mol. The van der Waals surface area contributed by atoms with E-state index in [2.05, 4.69) is 4.98 Å². The molecule has 0 atom stereocenters. The third-order valence-electron chi connectivity index (χ3n) is 4.03. The maximum absolute atomic E-state index is 13.5. The van der Waals surface area contributed by atoms with Gasteiger partial charge in [0.1, 0.15) is 16.5 Å². The van der Waals surface area contributed by atoms with Gasteiger partial charge >= 0.3 is 0 Å². The summed E-state index contributed by atoms with van der Waals surface area (Å²) in [6.07, 6.45) is 2.86. The van der Waals surface area contributed by atoms with Crippen LogP contribution in [0.2, 0.25) is 0 Å². The Labute approximate surface area is 144 Å². The quantitative estimate of drug-likeness (QED) is 0.735. The molecule has 2 heterocycles. The van der Waals surface area contributed by atoms with Gasteiger partial charge in [0.05, 0.1) is 12.4 Å². The van der Waals surface area contributed by atoms with Gasteiger partial charge < -0.3 is 9.30 Å². The Morgan fingerprint density at radius 3 is 2.48 bits per heavy atom. The van der Waals surface area contributed by atoms with Crippen LogP contribution in [0, 0.1) is 5.82 Å². The minimum Gasteiger partial charge on any atom is -0.495 e. The summed E-state index contributed by atoms with van der Waals surface area (Å²) in [7, 11) is -4.99. The zero-order chi connectivity index (χ0) is 18.4. The number of nitrogens with zero attached hydrogens (tertiary/aromatic N) is 3. The topological polar surface area (TPSA) is 98.6 Å². The van der Waals surface area contributed by atoms with Crippen LogP contribution < -0.4 is 4.74 Å². The number of methoxy groups -OCH3 is 1. The van der Waals surface area contributed by atoms with Crippen LogP contribution in [0.15, 0.2) is 40.6 Å². The molecular formula is C14H16FN3O5S2. The highest BCUT2D eigenvalue weighted by atomic mass is 32.2. The van der Waals surface area contributed by atoms with Gasteiger partial charge in [0.15, 0.2) is 0 Å². The summed E-state index contributed by atoms with van der Waals surface area (Å²) in [5.41, 5.74) is 0. The van der Waals surface area contributed by atoms with Crippen molar-refractivity contribution in [2.45, 2.75) is 15.3 Å². The van der Waals surface area contributed by atoms with E-state index in [4.69, 9.17) is 4.74 Å². The second-order valence-electron chi connectivity index (χ2n) is 5.60. The van der Waals surface area contributed by atoms with Crippen molar-refractivity contribution in [1.82, 2.24) is 13.9 Å². The van der Waals surface area contributed by atoms with Crippen molar-refractivity contribution < 1.29 is 26.0 Å². The Balaban J connectivity index is 1.85. The summed E-state index contributed by atoms with van der Waals surface area (Å²) < 4.78 is 71.0. The number of halogens is 1. The van der Waals surface area contributed by atoms with Crippen molar-refractivity contribution in [3.05, 3.63) is 36.4 Å². The molecule has 2 aromatic rings. The minimum atomic E-state index is -4.06. The summed E-state index contributed by atoms with van der Waals surface area (Å²) in [4.78, 5) is 3.48. The van der Waals surface area contributed by atoms with E-state index < -0.39 is 30.9 Å². The van der Waals surface area contributed by atoms with Crippen LogP contribution in [-0.4, -0.2) is 56.1 Å². The van der Waals surface area contributed by atoms with Crippen LogP contribution in [0.25, 0.3) is 0 Å². The maximum atomic E-state index is 13.5. The fraction of sp³-hybridized carbons (Fsp3) is 0.357. The fourth-order valence-electron chi connectivity index (χ4n) is 2.56. The Kier molecular flexibility index (Phi) is 4.33. The molecule has 0 unspecified atom stereocenters. The molecule has 136 valence electrons. The van der Waals surface area contributed by atoms with Crippen molar-refractivity contribution in [1.29, 1.82) is 0 Å². The number of hydrogen-bond donors (Lipinski definition) is 0. The van der Waals surface area contributed by atoms with Gasteiger partial charge in [0.2, 0.25) is 25.0 Å². The molecule has 0 saturated carbocycles. The second-order valence-corrected chi connectivity index (χ2v) is 9.63. The molecule has 1 aliphatic rings. The number of rotatable bonds is 5. The first-order valence-corrected chi connectivity index (χ1v) is 10.2. The SMILES string of the molecule is COc1ccc(F)cc1S(=O)(=O)N1CC(S(=O)(=O)c2nccn2C)C1. The number of aryl methyl sites for hydroxylation is 1. The molecule has 0 radical (unpaired) electrons. The Hall–Kier alpha value is -1.98. The second kappa shape index (κ2) is 6.07. The number of imidazole rings is 1. The smallest absolute Gasteiger partial charge is 0.246 e. The molecule has 3 rings (SSSR count). The van der Waals surface area contributed by atoms with E-state index in [-0.39, 0.29) is 28.9 Å². The van der Waals surface area contributed by atoms with Crippen molar-refractivity contribution >= 4 is 19.9 Å². The zero-order valence-electron chi connectivity index (χ0n) is 13.5. The first-order chi connectivity index (χ1) is 11.7. The highest BCUT2D eigenvalue weighted by Crippen LogP contribution is 2.32. The molecule has 0 N–H and O–H groups in total. The van der Waals surface area contributed by atoms with E-state index in [1.807, 2.05) is 0 Å². The molecule has 1 saturated heterocycles. The van der Waals surface area contributed by atoms with Gasteiger partial charge in [-0.3, -0.25) is 0 Å². The number of aromatic nitrogens is 2. The summed E-state index contributed by atoms with van der Waals surface area (Å²) in [5, 5.41) is -1.01. The Morgan fingerprint density at radius 2 is 1.92 bits per heavy atom. The monoisotopic (exact) mass is 389 g/mol. The predicted octanol–water partition coefficient (Wildman–Crippen LogP) is 0.415. The summed E-state index contributed by atoms with van der Waals surface area (Å²) in [6.45, 7) is -0.450. The third-order valence-corrected chi connectivity index (χ3v) is 7.96. The third kappa shape index (κ3) is 2.92. The van der Waals surface area contributed by atoms with E-state index in [1.165, 1.54) is 30.1 Å². The van der Waals surface area contributed by atoms with Crippen molar-refractivity contribution in [2.24, 2.45) is 7.05 Å². The van der Waals surface area contributed by atoms with Crippen molar-refractivity contribution in [2.75, 3.05) is 20.2 Å². The fourth-order valence-corrected chi connectivity index (χ4v) is 6.17. The van der Waals surface area contributed by atoms with E-state index in [1.54, 1.807) is 7.05 Å². The molecule has 1 fully saturated rings. The van der Waals surface area contributed by atoms with Crippen LogP contribution in [0.1, 0.15) is 0 Å². The normalized spacial score (nSPS) is 16.6. The van der Waals surface area contributed by atoms with Crippen LogP contribution in [0.3, 0.4) is 0 Å². The molecule has 1 aliphatic heterocycles. The van der Waals surface area contributed by atoms with Crippen molar-refractivity contribution in [3.63, 3.8) is 0 Å². The molecule has 1 aromatic heterocycles. The number of sulfone groups is 1. The summed E-state index contributed by atoms with van der Waals surface area (Å²) in [5.74, 6) is -0.728. The molecular weight excluding hydrogens is 373 g/mol. The molecule has 1 aromatic carbocycles. The standard InChI is InChI=1S/C14H16FN3O5S2/c1-17-6-5-16-14(17)24(19,20)11-8-18(9-11)25(21,22)13-7-10(15)3-4-12(13)23-2/h3-7,11H,8-9H2,1-2H3. The Morgan fingerprint density at radius 1 is 1.24 bits per heavy atom. The first-order valence-electron chi connectivity index (χ1n) is 7.23. The number of benzene rings is 1. The van der Waals surface area contributed by atoms with Gasteiger partial charge in [0, 0.05) is 32.5 Å². The van der Waals surface area contributed by atoms with Gasteiger partial charge in [-0.1, -0.05) is 0 Å². The van der Waals surface area contributed by atoms with Crippen LogP contribution in [0.5, 0.6) is 5.75 Å². The highest BCUT2D eigenvalue weighted by Gasteiger charge is 2.46. The lowest BCUT2D eigenvalue weighted by Crippen LogP contribution is -2.56.